The van der Waals surface area contributed by atoms with Gasteiger partial charge in [-0.25, -0.2) is 0 Å². The molecule has 1 atom stereocenters. The van der Waals surface area contributed by atoms with Gasteiger partial charge in [0.05, 0.1) is 18.2 Å². The van der Waals surface area contributed by atoms with Crippen LogP contribution >= 0.6 is 15.9 Å². The van der Waals surface area contributed by atoms with E-state index in [0.717, 1.165) is 21.3 Å². The summed E-state index contributed by atoms with van der Waals surface area (Å²) in [6.45, 7) is 8.62. The van der Waals surface area contributed by atoms with E-state index in [9.17, 15) is 14.7 Å². The molecule has 180 valence electrons. The van der Waals surface area contributed by atoms with E-state index in [1.165, 1.54) is 4.90 Å². The van der Waals surface area contributed by atoms with Crippen LogP contribution in [0.15, 0.2) is 82.8 Å². The first-order valence-corrected chi connectivity index (χ1v) is 12.3. The fraction of sp³-hybridized carbons (Fsp3) is 0.241. The molecule has 0 spiro atoms. The van der Waals surface area contributed by atoms with Gasteiger partial charge < -0.3 is 9.84 Å². The fourth-order valence-corrected chi connectivity index (χ4v) is 4.62. The summed E-state index contributed by atoms with van der Waals surface area (Å²) in [5, 5.41) is 11.5. The van der Waals surface area contributed by atoms with E-state index >= 15 is 0 Å². The summed E-state index contributed by atoms with van der Waals surface area (Å²) in [5.74, 6) is -0.869. The second-order valence-corrected chi connectivity index (χ2v) is 10.4. The highest BCUT2D eigenvalue weighted by Crippen LogP contribution is 2.43. The first-order chi connectivity index (χ1) is 16.6. The number of halogens is 1. The van der Waals surface area contributed by atoms with E-state index in [4.69, 9.17) is 4.74 Å². The summed E-state index contributed by atoms with van der Waals surface area (Å²) in [5.41, 5.74) is 2.48. The molecule has 5 nitrogen and oxygen atoms in total. The summed E-state index contributed by atoms with van der Waals surface area (Å²) < 4.78 is 6.67. The van der Waals surface area contributed by atoms with Crippen molar-refractivity contribution in [3.05, 3.63) is 99.5 Å². The van der Waals surface area contributed by atoms with Crippen molar-refractivity contribution in [2.24, 2.45) is 0 Å². The van der Waals surface area contributed by atoms with Gasteiger partial charge in [-0.2, -0.15) is 0 Å². The maximum Gasteiger partial charge on any atom is 0.300 e. The molecule has 4 rings (SSSR count). The lowest BCUT2D eigenvalue weighted by atomic mass is 9.84. The van der Waals surface area contributed by atoms with Crippen molar-refractivity contribution in [1.82, 2.24) is 0 Å². The maximum absolute atomic E-state index is 13.4. The number of ketones is 1. The van der Waals surface area contributed by atoms with E-state index in [0.29, 0.717) is 17.9 Å². The van der Waals surface area contributed by atoms with Crippen LogP contribution in [0.5, 0.6) is 5.75 Å². The van der Waals surface area contributed by atoms with E-state index in [1.807, 2.05) is 61.5 Å². The van der Waals surface area contributed by atoms with Crippen molar-refractivity contribution in [3.63, 3.8) is 0 Å². The molecule has 0 aromatic heterocycles. The third-order valence-electron chi connectivity index (χ3n) is 6.03. The van der Waals surface area contributed by atoms with Gasteiger partial charge in [0.2, 0.25) is 0 Å². The van der Waals surface area contributed by atoms with Gasteiger partial charge in [-0.05, 0) is 60.4 Å². The van der Waals surface area contributed by atoms with Gasteiger partial charge in [-0.1, -0.05) is 67.0 Å². The zero-order chi connectivity index (χ0) is 25.3. The second-order valence-electron chi connectivity index (χ2n) is 9.45. The minimum atomic E-state index is -0.762. The number of ether oxygens (including phenoxy) is 1. The number of amides is 1. The van der Waals surface area contributed by atoms with Crippen LogP contribution in [0.2, 0.25) is 0 Å². The number of aliphatic hydroxyl groups is 1. The average molecular weight is 534 g/mol. The summed E-state index contributed by atoms with van der Waals surface area (Å²) in [4.78, 5) is 28.1. The topological polar surface area (TPSA) is 66.8 Å². The van der Waals surface area contributed by atoms with Crippen molar-refractivity contribution in [3.8, 4) is 5.75 Å². The minimum absolute atomic E-state index is 0.0631. The largest absolute Gasteiger partial charge is 0.507 e. The average Bonchev–Trinajstić information content (AvgIpc) is 3.10. The van der Waals surface area contributed by atoms with Gasteiger partial charge >= 0.3 is 0 Å². The van der Waals surface area contributed by atoms with Crippen LogP contribution < -0.4 is 9.64 Å². The van der Waals surface area contributed by atoms with E-state index in [2.05, 4.69) is 36.7 Å². The molecule has 1 unspecified atom stereocenters. The van der Waals surface area contributed by atoms with E-state index < -0.39 is 17.7 Å². The van der Waals surface area contributed by atoms with Gasteiger partial charge in [-0.15, -0.1) is 0 Å². The third kappa shape index (κ3) is 4.76. The standard InChI is InChI=1S/C29H28BrNO4/c1-5-35-23-16-11-19(17-22(23)29(2,3)4)26(32)24-25(18-9-7-6-8-10-18)31(28(34)27(24)33)21-14-12-20(30)13-15-21/h6-17,25,32H,5H2,1-4H3/b26-24-. The summed E-state index contributed by atoms with van der Waals surface area (Å²) in [6, 6.07) is 21.1. The van der Waals surface area contributed by atoms with Crippen molar-refractivity contribution >= 4 is 39.1 Å². The number of Topliss-reactive ketones (excluding diaryl/α,β-unsaturated/α-hetero) is 1. The molecule has 1 fully saturated rings. The van der Waals surface area contributed by atoms with Crippen molar-refractivity contribution in [2.45, 2.75) is 39.2 Å². The van der Waals surface area contributed by atoms with Gasteiger partial charge in [0.15, 0.2) is 0 Å². The highest BCUT2D eigenvalue weighted by molar-refractivity contribution is 9.10. The highest BCUT2D eigenvalue weighted by Gasteiger charge is 2.47. The molecular formula is C29H28BrNO4. The summed E-state index contributed by atoms with van der Waals surface area (Å²) in [6.07, 6.45) is 0. The maximum atomic E-state index is 13.4. The molecule has 0 radical (unpaired) electrons. The lowest BCUT2D eigenvalue weighted by Crippen LogP contribution is -2.29. The number of rotatable bonds is 5. The van der Waals surface area contributed by atoms with Gasteiger partial charge in [-0.3, -0.25) is 14.5 Å². The molecule has 3 aromatic carbocycles. The van der Waals surface area contributed by atoms with Crippen molar-refractivity contribution in [1.29, 1.82) is 0 Å². The molecule has 1 heterocycles. The Hall–Kier alpha value is -3.38. The van der Waals surface area contributed by atoms with E-state index in [-0.39, 0.29) is 16.7 Å². The summed E-state index contributed by atoms with van der Waals surface area (Å²) in [7, 11) is 0. The van der Waals surface area contributed by atoms with Gasteiger partial charge in [0, 0.05) is 21.3 Å². The number of carbonyl (C=O) groups excluding carboxylic acids is 2. The quantitative estimate of drug-likeness (QED) is 0.223. The molecular weight excluding hydrogens is 506 g/mol. The van der Waals surface area contributed by atoms with Crippen LogP contribution in [0, 0.1) is 0 Å². The summed E-state index contributed by atoms with van der Waals surface area (Å²) >= 11 is 3.42. The molecule has 1 saturated heterocycles. The Morgan fingerprint density at radius 3 is 2.26 bits per heavy atom. The third-order valence-corrected chi connectivity index (χ3v) is 6.55. The Labute approximate surface area is 214 Å². The van der Waals surface area contributed by atoms with Crippen molar-refractivity contribution in [2.75, 3.05) is 11.5 Å². The Bertz CT molecular complexity index is 1290. The predicted octanol–water partition coefficient (Wildman–Crippen LogP) is 6.77. The molecule has 0 aliphatic carbocycles. The number of nitrogens with zero attached hydrogens (tertiary/aromatic N) is 1. The first kappa shape index (κ1) is 24.7. The van der Waals surface area contributed by atoms with Crippen LogP contribution in [-0.4, -0.2) is 23.4 Å². The van der Waals surface area contributed by atoms with Crippen LogP contribution in [0.25, 0.3) is 5.76 Å². The lowest BCUT2D eigenvalue weighted by Gasteiger charge is -2.26. The number of hydrogen-bond donors (Lipinski definition) is 1. The van der Waals surface area contributed by atoms with Crippen LogP contribution in [0.4, 0.5) is 5.69 Å². The smallest absolute Gasteiger partial charge is 0.300 e. The van der Waals surface area contributed by atoms with E-state index in [1.54, 1.807) is 18.2 Å². The predicted molar refractivity (Wildman–Crippen MR) is 142 cm³/mol. The van der Waals surface area contributed by atoms with Crippen LogP contribution in [0.1, 0.15) is 50.4 Å². The molecule has 1 aliphatic heterocycles. The molecule has 35 heavy (non-hydrogen) atoms. The van der Waals surface area contributed by atoms with Crippen LogP contribution in [-0.2, 0) is 15.0 Å². The number of benzene rings is 3. The molecule has 0 saturated carbocycles. The number of aliphatic hydroxyl groups excluding tert-OH is 1. The first-order valence-electron chi connectivity index (χ1n) is 11.5. The number of hydrogen-bond acceptors (Lipinski definition) is 4. The molecule has 6 heteroatoms. The van der Waals surface area contributed by atoms with Crippen molar-refractivity contribution < 1.29 is 19.4 Å². The Morgan fingerprint density at radius 2 is 1.66 bits per heavy atom. The molecule has 1 amide bonds. The zero-order valence-electron chi connectivity index (χ0n) is 20.2. The Morgan fingerprint density at radius 1 is 1.00 bits per heavy atom. The highest BCUT2D eigenvalue weighted by atomic mass is 79.9. The number of carbonyl (C=O) groups is 2. The molecule has 3 aromatic rings. The Kier molecular flexibility index (Phi) is 6.86. The minimum Gasteiger partial charge on any atom is -0.507 e. The molecule has 0 bridgehead atoms. The Balaban J connectivity index is 1.93. The number of anilines is 1. The van der Waals surface area contributed by atoms with Crippen LogP contribution in [0.3, 0.4) is 0 Å². The zero-order valence-corrected chi connectivity index (χ0v) is 21.8. The normalized spacial score (nSPS) is 17.6. The monoisotopic (exact) mass is 533 g/mol. The molecule has 1 aliphatic rings. The van der Waals surface area contributed by atoms with Gasteiger partial charge in [0.25, 0.3) is 11.7 Å². The molecule has 1 N–H and O–H groups in total. The second kappa shape index (κ2) is 9.70. The SMILES string of the molecule is CCOc1ccc(/C(O)=C2/C(=O)C(=O)N(c3ccc(Br)cc3)C2c2ccccc2)cc1C(C)(C)C. The fourth-order valence-electron chi connectivity index (χ4n) is 4.35. The lowest BCUT2D eigenvalue weighted by molar-refractivity contribution is -0.132. The van der Waals surface area contributed by atoms with Gasteiger partial charge in [0.1, 0.15) is 11.5 Å².